The van der Waals surface area contributed by atoms with Crippen molar-refractivity contribution in [2.45, 2.75) is 0 Å². The minimum Gasteiger partial charge on any atom is -0.345 e. The van der Waals surface area contributed by atoms with E-state index in [0.29, 0.717) is 0 Å². The van der Waals surface area contributed by atoms with Gasteiger partial charge in [0.1, 0.15) is 0 Å². The number of benzene rings is 7. The van der Waals surface area contributed by atoms with Gasteiger partial charge in [-0.15, -0.1) is 0 Å². The molecule has 0 aliphatic heterocycles. The van der Waals surface area contributed by atoms with E-state index in [1.807, 2.05) is 0 Å². The Hall–Kier alpha value is -5.60. The van der Waals surface area contributed by atoms with Crippen LogP contribution in [0.5, 0.6) is 0 Å². The first-order valence-corrected chi connectivity index (χ1v) is 14.7. The predicted octanol–water partition coefficient (Wildman–Crippen LogP) is 11.4. The van der Waals surface area contributed by atoms with Crippen molar-refractivity contribution in [3.63, 3.8) is 0 Å². The van der Waals surface area contributed by atoms with Crippen LogP contribution >= 0.6 is 0 Å². The maximum absolute atomic E-state index is 2.36. The molecule has 0 amide bonds. The molecule has 0 aromatic heterocycles. The highest BCUT2D eigenvalue weighted by Gasteiger charge is 2.16. The molecule has 7 aromatic carbocycles. The minimum atomic E-state index is 1.11. The van der Waals surface area contributed by atoms with E-state index in [1.165, 1.54) is 33.0 Å². The Balaban J connectivity index is 1.23. The Morgan fingerprint density at radius 1 is 0.326 bits per heavy atom. The molecule has 0 fully saturated rings. The van der Waals surface area contributed by atoms with Gasteiger partial charge >= 0.3 is 0 Å². The molecule has 0 N–H and O–H groups in total. The Morgan fingerprint density at radius 2 is 0.721 bits per heavy atom. The van der Waals surface area contributed by atoms with Gasteiger partial charge in [-0.2, -0.15) is 0 Å². The lowest BCUT2D eigenvalue weighted by Crippen LogP contribution is -2.12. The molecule has 43 heavy (non-hydrogen) atoms. The molecule has 0 spiro atoms. The summed E-state index contributed by atoms with van der Waals surface area (Å²) in [6.45, 7) is 0. The van der Waals surface area contributed by atoms with E-state index in [-0.39, 0.29) is 0 Å². The lowest BCUT2D eigenvalue weighted by molar-refractivity contribution is 1.20. The van der Waals surface area contributed by atoms with Gasteiger partial charge in [0.2, 0.25) is 0 Å². The molecule has 0 bridgehead atoms. The van der Waals surface area contributed by atoms with Crippen molar-refractivity contribution in [2.24, 2.45) is 0 Å². The van der Waals surface area contributed by atoms with Gasteiger partial charge < -0.3 is 9.80 Å². The minimum absolute atomic E-state index is 1.11. The van der Waals surface area contributed by atoms with E-state index in [0.717, 1.165) is 28.4 Å². The van der Waals surface area contributed by atoms with Crippen LogP contribution in [0.15, 0.2) is 176 Å². The van der Waals surface area contributed by atoms with E-state index in [9.17, 15) is 0 Å². The van der Waals surface area contributed by atoms with E-state index >= 15 is 0 Å². The molecule has 7 aromatic rings. The summed E-state index contributed by atoms with van der Waals surface area (Å²) in [7, 11) is 2.12. The molecule has 0 aliphatic carbocycles. The molecule has 0 saturated heterocycles. The van der Waals surface area contributed by atoms with Gasteiger partial charge in [0.05, 0.1) is 5.69 Å². The summed E-state index contributed by atoms with van der Waals surface area (Å²) in [5.74, 6) is 0. The molecule has 0 saturated carbocycles. The zero-order valence-corrected chi connectivity index (χ0v) is 24.1. The van der Waals surface area contributed by atoms with E-state index in [1.54, 1.807) is 0 Å². The third kappa shape index (κ3) is 5.39. The van der Waals surface area contributed by atoms with Crippen LogP contribution in [-0.2, 0) is 0 Å². The summed E-state index contributed by atoms with van der Waals surface area (Å²) in [5, 5.41) is 2.44. The van der Waals surface area contributed by atoms with Crippen LogP contribution in [0.3, 0.4) is 0 Å². The first-order valence-electron chi connectivity index (χ1n) is 14.7. The predicted molar refractivity (Wildman–Crippen MR) is 184 cm³/mol. The first-order chi connectivity index (χ1) is 21.2. The van der Waals surface area contributed by atoms with Crippen LogP contribution in [-0.4, -0.2) is 7.05 Å². The largest absolute Gasteiger partial charge is 0.345 e. The van der Waals surface area contributed by atoms with E-state index in [2.05, 4.69) is 193 Å². The SMILES string of the molecule is CN(c1ccc(-c2ccccc2)cc1)c1ccc(N(c2ccc(-c3ccccc3)cc2)c2cccc3ccccc23)cc1. The van der Waals surface area contributed by atoms with Gasteiger partial charge in [-0.25, -0.2) is 0 Å². The molecule has 0 heterocycles. The normalized spacial score (nSPS) is 10.9. The summed E-state index contributed by atoms with van der Waals surface area (Å²) in [5.41, 5.74) is 10.5. The highest BCUT2D eigenvalue weighted by molar-refractivity contribution is 5.99. The molecule has 0 aliphatic rings. The second kappa shape index (κ2) is 11.7. The molecule has 7 rings (SSSR count). The van der Waals surface area contributed by atoms with Gasteiger partial charge in [0.15, 0.2) is 0 Å². The second-order valence-electron chi connectivity index (χ2n) is 10.7. The molecule has 0 atom stereocenters. The molecular formula is C41H32N2. The summed E-state index contributed by atoms with van der Waals surface area (Å²) >= 11 is 0. The van der Waals surface area contributed by atoms with Crippen molar-refractivity contribution < 1.29 is 0 Å². The molecule has 2 heteroatoms. The Morgan fingerprint density at radius 3 is 1.28 bits per heavy atom. The van der Waals surface area contributed by atoms with E-state index < -0.39 is 0 Å². The van der Waals surface area contributed by atoms with Gasteiger partial charge in [-0.3, -0.25) is 0 Å². The number of hydrogen-bond acceptors (Lipinski definition) is 2. The fourth-order valence-corrected chi connectivity index (χ4v) is 5.75. The summed E-state index contributed by atoms with van der Waals surface area (Å²) in [6, 6.07) is 62.6. The van der Waals surface area contributed by atoms with Gasteiger partial charge in [0.25, 0.3) is 0 Å². The fraction of sp³-hybridized carbons (Fsp3) is 0.0244. The Kier molecular flexibility index (Phi) is 7.17. The summed E-state index contributed by atoms with van der Waals surface area (Å²) < 4.78 is 0. The number of fused-ring (bicyclic) bond motifs is 1. The number of rotatable bonds is 7. The first kappa shape index (κ1) is 26.3. The lowest BCUT2D eigenvalue weighted by atomic mass is 10.0. The average molecular weight is 553 g/mol. The van der Waals surface area contributed by atoms with Gasteiger partial charge in [0, 0.05) is 35.2 Å². The van der Waals surface area contributed by atoms with Crippen LogP contribution in [0.2, 0.25) is 0 Å². The Labute approximate surface area is 253 Å². The summed E-state index contributed by atoms with van der Waals surface area (Å²) in [4.78, 5) is 4.59. The smallest absolute Gasteiger partial charge is 0.0540 e. The summed E-state index contributed by atoms with van der Waals surface area (Å²) in [6.07, 6.45) is 0. The third-order valence-corrected chi connectivity index (χ3v) is 8.10. The molecular weight excluding hydrogens is 520 g/mol. The monoisotopic (exact) mass is 552 g/mol. The highest BCUT2D eigenvalue weighted by atomic mass is 15.1. The second-order valence-corrected chi connectivity index (χ2v) is 10.7. The van der Waals surface area contributed by atoms with Gasteiger partial charge in [-0.1, -0.05) is 121 Å². The molecule has 206 valence electrons. The average Bonchev–Trinajstić information content (AvgIpc) is 3.10. The lowest BCUT2D eigenvalue weighted by Gasteiger charge is -2.28. The zero-order valence-electron chi connectivity index (χ0n) is 24.1. The van der Waals surface area contributed by atoms with Crippen LogP contribution in [0.1, 0.15) is 0 Å². The molecule has 2 nitrogen and oxygen atoms in total. The standard InChI is InChI=1S/C41H32N2/c1-42(36-23-19-33(20-24-36)31-11-4-2-5-12-31)37-27-29-39(30-28-37)43(41-18-10-16-35-15-8-9-17-40(35)41)38-25-21-34(22-26-38)32-13-6-3-7-14-32/h2-30H,1H3. The van der Waals surface area contributed by atoms with Crippen molar-refractivity contribution in [1.82, 2.24) is 0 Å². The van der Waals surface area contributed by atoms with Gasteiger partial charge in [-0.05, 0) is 82.2 Å². The maximum Gasteiger partial charge on any atom is 0.0540 e. The van der Waals surface area contributed by atoms with Crippen molar-refractivity contribution in [3.8, 4) is 22.3 Å². The van der Waals surface area contributed by atoms with Crippen molar-refractivity contribution in [2.75, 3.05) is 16.8 Å². The van der Waals surface area contributed by atoms with Crippen molar-refractivity contribution in [3.05, 3.63) is 176 Å². The van der Waals surface area contributed by atoms with Crippen molar-refractivity contribution >= 4 is 39.2 Å². The number of nitrogens with zero attached hydrogens (tertiary/aromatic N) is 2. The van der Waals surface area contributed by atoms with Crippen LogP contribution in [0.25, 0.3) is 33.0 Å². The van der Waals surface area contributed by atoms with Crippen molar-refractivity contribution in [1.29, 1.82) is 0 Å². The highest BCUT2D eigenvalue weighted by Crippen LogP contribution is 2.40. The fourth-order valence-electron chi connectivity index (χ4n) is 5.75. The number of hydrogen-bond donors (Lipinski definition) is 0. The Bertz CT molecular complexity index is 1940. The zero-order chi connectivity index (χ0) is 29.0. The van der Waals surface area contributed by atoms with Crippen LogP contribution in [0.4, 0.5) is 28.4 Å². The number of anilines is 5. The quantitative estimate of drug-likeness (QED) is 0.194. The molecule has 0 unspecified atom stereocenters. The maximum atomic E-state index is 2.36. The van der Waals surface area contributed by atoms with Crippen LogP contribution < -0.4 is 9.80 Å². The van der Waals surface area contributed by atoms with E-state index in [4.69, 9.17) is 0 Å². The van der Waals surface area contributed by atoms with Crippen LogP contribution in [0, 0.1) is 0 Å². The topological polar surface area (TPSA) is 6.48 Å². The molecule has 0 radical (unpaired) electrons. The third-order valence-electron chi connectivity index (χ3n) is 8.10.